The Kier molecular flexibility index (Phi) is 5.03. The Hall–Kier alpha value is -3.98. The predicted molar refractivity (Wildman–Crippen MR) is 111 cm³/mol. The van der Waals surface area contributed by atoms with Gasteiger partial charge in [0.2, 0.25) is 11.5 Å². The summed E-state index contributed by atoms with van der Waals surface area (Å²) in [4.78, 5) is 34.6. The fraction of sp³-hybridized carbons (Fsp3) is 0. The van der Waals surface area contributed by atoms with Crippen molar-refractivity contribution in [3.63, 3.8) is 0 Å². The molecular formula is C21H12N2O6S. The average Bonchev–Trinajstić information content (AvgIpc) is 3.05. The Balaban J connectivity index is 1.55. The van der Waals surface area contributed by atoms with Crippen LogP contribution in [0.1, 0.15) is 15.9 Å². The second kappa shape index (κ2) is 7.80. The fourth-order valence-corrected chi connectivity index (χ4v) is 3.95. The van der Waals surface area contributed by atoms with Crippen molar-refractivity contribution in [1.29, 1.82) is 0 Å². The lowest BCUT2D eigenvalue weighted by atomic mass is 10.1. The maximum absolute atomic E-state index is 12.5. The minimum absolute atomic E-state index is 0.0302. The summed E-state index contributed by atoms with van der Waals surface area (Å²) in [6, 6.07) is 17.2. The molecule has 0 unspecified atom stereocenters. The van der Waals surface area contributed by atoms with Crippen LogP contribution in [-0.2, 0) is 0 Å². The van der Waals surface area contributed by atoms with E-state index in [0.29, 0.717) is 16.2 Å². The van der Waals surface area contributed by atoms with Crippen LogP contribution in [-0.4, -0.2) is 15.6 Å². The normalized spacial score (nSPS) is 13.9. The number of carbonyl (C=O) groups is 1. The lowest BCUT2D eigenvalue weighted by molar-refractivity contribution is -0.394. The number of hydrogen-bond donors (Lipinski definition) is 0. The van der Waals surface area contributed by atoms with Crippen molar-refractivity contribution in [3.8, 4) is 11.5 Å². The Morgan fingerprint density at radius 1 is 0.900 bits per heavy atom. The summed E-state index contributed by atoms with van der Waals surface area (Å²) in [5, 5.41) is 22.1. The molecule has 0 atom stereocenters. The lowest BCUT2D eigenvalue weighted by Crippen LogP contribution is -1.96. The van der Waals surface area contributed by atoms with Crippen molar-refractivity contribution in [3.05, 3.63) is 103 Å². The first-order valence-electron chi connectivity index (χ1n) is 8.66. The first kappa shape index (κ1) is 19.3. The van der Waals surface area contributed by atoms with Gasteiger partial charge in [0.25, 0.3) is 5.69 Å². The van der Waals surface area contributed by atoms with Gasteiger partial charge in [0.15, 0.2) is 0 Å². The highest BCUT2D eigenvalue weighted by molar-refractivity contribution is 8.04. The number of carbonyl (C=O) groups excluding carboxylic acids is 1. The number of benzene rings is 3. The molecule has 3 aromatic carbocycles. The molecule has 148 valence electrons. The molecule has 0 saturated heterocycles. The first-order chi connectivity index (χ1) is 14.4. The molecule has 3 aromatic rings. The summed E-state index contributed by atoms with van der Waals surface area (Å²) >= 11 is 1.41. The van der Waals surface area contributed by atoms with Crippen LogP contribution >= 0.6 is 11.8 Å². The number of ether oxygens (including phenoxy) is 1. The van der Waals surface area contributed by atoms with E-state index in [1.54, 1.807) is 36.4 Å². The Labute approximate surface area is 174 Å². The maximum Gasteiger partial charge on any atom is 0.318 e. The number of nitro benzene ring substituents is 2. The standard InChI is InChI=1S/C21H12N2O6S/c24-21-16-3-1-2-4-19(16)30-20(21)11-13-5-8-15(9-6-13)29-18-10-7-14(22(25)26)12-17(18)23(27)28/h1-12H. The summed E-state index contributed by atoms with van der Waals surface area (Å²) in [6.07, 6.45) is 1.77. The molecular weight excluding hydrogens is 408 g/mol. The quantitative estimate of drug-likeness (QED) is 0.299. The number of hydrogen-bond acceptors (Lipinski definition) is 7. The van der Waals surface area contributed by atoms with Crippen LogP contribution in [0.2, 0.25) is 0 Å². The van der Waals surface area contributed by atoms with Gasteiger partial charge in [0.1, 0.15) is 5.75 Å². The van der Waals surface area contributed by atoms with E-state index in [9.17, 15) is 25.0 Å². The van der Waals surface area contributed by atoms with Gasteiger partial charge in [-0.05, 0) is 42.0 Å². The second-order valence-electron chi connectivity index (χ2n) is 6.27. The number of nitro groups is 2. The molecule has 30 heavy (non-hydrogen) atoms. The van der Waals surface area contributed by atoms with Crippen molar-refractivity contribution in [2.24, 2.45) is 0 Å². The van der Waals surface area contributed by atoms with Crippen molar-refractivity contribution < 1.29 is 19.4 Å². The zero-order valence-corrected chi connectivity index (χ0v) is 16.0. The van der Waals surface area contributed by atoms with Crippen molar-refractivity contribution in [2.45, 2.75) is 4.90 Å². The number of Topliss-reactive ketones (excluding diaryl/α,β-unsaturated/α-hetero) is 1. The number of rotatable bonds is 5. The molecule has 0 spiro atoms. The van der Waals surface area contributed by atoms with E-state index in [1.165, 1.54) is 17.8 Å². The molecule has 0 saturated carbocycles. The smallest absolute Gasteiger partial charge is 0.318 e. The van der Waals surface area contributed by atoms with Gasteiger partial charge in [-0.25, -0.2) is 0 Å². The predicted octanol–water partition coefficient (Wildman–Crippen LogP) is 5.62. The summed E-state index contributed by atoms with van der Waals surface area (Å²) < 4.78 is 5.55. The van der Waals surface area contributed by atoms with Crippen molar-refractivity contribution in [2.75, 3.05) is 0 Å². The van der Waals surface area contributed by atoms with Crippen LogP contribution in [0.25, 0.3) is 6.08 Å². The molecule has 1 aliphatic heterocycles. The van der Waals surface area contributed by atoms with Gasteiger partial charge < -0.3 is 4.74 Å². The zero-order chi connectivity index (χ0) is 21.3. The number of non-ortho nitro benzene ring substituents is 1. The van der Waals surface area contributed by atoms with E-state index >= 15 is 0 Å². The third-order valence-corrected chi connectivity index (χ3v) is 5.43. The molecule has 4 rings (SSSR count). The highest BCUT2D eigenvalue weighted by atomic mass is 32.2. The third kappa shape index (κ3) is 3.78. The number of thioether (sulfide) groups is 1. The van der Waals surface area contributed by atoms with Crippen LogP contribution in [0.15, 0.2) is 76.5 Å². The Morgan fingerprint density at radius 2 is 1.63 bits per heavy atom. The molecule has 0 radical (unpaired) electrons. The minimum atomic E-state index is -0.734. The minimum Gasteiger partial charge on any atom is -0.450 e. The van der Waals surface area contributed by atoms with E-state index < -0.39 is 21.2 Å². The number of fused-ring (bicyclic) bond motifs is 1. The van der Waals surface area contributed by atoms with E-state index in [-0.39, 0.29) is 11.5 Å². The van der Waals surface area contributed by atoms with Gasteiger partial charge >= 0.3 is 5.69 Å². The monoisotopic (exact) mass is 420 g/mol. The third-order valence-electron chi connectivity index (χ3n) is 4.33. The highest BCUT2D eigenvalue weighted by Crippen LogP contribution is 2.41. The average molecular weight is 420 g/mol. The van der Waals surface area contributed by atoms with E-state index in [0.717, 1.165) is 22.6 Å². The molecule has 8 nitrogen and oxygen atoms in total. The highest BCUT2D eigenvalue weighted by Gasteiger charge is 2.25. The van der Waals surface area contributed by atoms with Gasteiger partial charge in [-0.15, -0.1) is 0 Å². The SMILES string of the molecule is O=C1C(=Cc2ccc(Oc3ccc([N+](=O)[O-])cc3[N+](=O)[O-])cc2)Sc2ccccc21. The molecule has 0 N–H and O–H groups in total. The van der Waals surface area contributed by atoms with Gasteiger partial charge in [-0.2, -0.15) is 0 Å². The van der Waals surface area contributed by atoms with Crippen molar-refractivity contribution in [1.82, 2.24) is 0 Å². The Morgan fingerprint density at radius 3 is 2.30 bits per heavy atom. The van der Waals surface area contributed by atoms with Gasteiger partial charge in [0, 0.05) is 16.5 Å². The molecule has 0 aromatic heterocycles. The molecule has 0 aliphatic carbocycles. The van der Waals surface area contributed by atoms with Crippen molar-refractivity contribution >= 4 is 35.0 Å². The summed E-state index contributed by atoms with van der Waals surface area (Å²) in [5.74, 6) is 0.189. The van der Waals surface area contributed by atoms with E-state index in [1.807, 2.05) is 18.2 Å². The molecule has 0 bridgehead atoms. The van der Waals surface area contributed by atoms with E-state index in [2.05, 4.69) is 0 Å². The van der Waals surface area contributed by atoms with Crippen LogP contribution in [0, 0.1) is 20.2 Å². The van der Waals surface area contributed by atoms with E-state index in [4.69, 9.17) is 4.74 Å². The molecule has 1 aliphatic rings. The maximum atomic E-state index is 12.5. The summed E-state index contributed by atoms with van der Waals surface area (Å²) in [7, 11) is 0. The van der Waals surface area contributed by atoms with Crippen LogP contribution < -0.4 is 4.74 Å². The number of allylic oxidation sites excluding steroid dienone is 1. The molecule has 0 amide bonds. The molecule has 9 heteroatoms. The summed E-state index contributed by atoms with van der Waals surface area (Å²) in [5.41, 5.74) is 0.556. The van der Waals surface area contributed by atoms with Crippen LogP contribution in [0.3, 0.4) is 0 Å². The van der Waals surface area contributed by atoms with Crippen LogP contribution in [0.5, 0.6) is 11.5 Å². The first-order valence-corrected chi connectivity index (χ1v) is 9.48. The van der Waals surface area contributed by atoms with Gasteiger partial charge in [0.05, 0.1) is 20.8 Å². The second-order valence-corrected chi connectivity index (χ2v) is 7.36. The number of nitrogens with zero attached hydrogens (tertiary/aromatic N) is 2. The fourth-order valence-electron chi connectivity index (χ4n) is 2.89. The Bertz CT molecular complexity index is 1220. The topological polar surface area (TPSA) is 113 Å². The van der Waals surface area contributed by atoms with Gasteiger partial charge in [-0.3, -0.25) is 25.0 Å². The lowest BCUT2D eigenvalue weighted by Gasteiger charge is -2.06. The van der Waals surface area contributed by atoms with Crippen LogP contribution in [0.4, 0.5) is 11.4 Å². The largest absolute Gasteiger partial charge is 0.450 e. The molecule has 1 heterocycles. The zero-order valence-electron chi connectivity index (χ0n) is 15.2. The molecule has 0 fully saturated rings. The number of ketones is 1. The summed E-state index contributed by atoms with van der Waals surface area (Å²) in [6.45, 7) is 0. The van der Waals surface area contributed by atoms with Gasteiger partial charge in [-0.1, -0.05) is 36.0 Å².